The van der Waals surface area contributed by atoms with Gasteiger partial charge in [-0.25, -0.2) is 4.79 Å². The quantitative estimate of drug-likeness (QED) is 0.635. The Morgan fingerprint density at radius 1 is 1.19 bits per heavy atom. The summed E-state index contributed by atoms with van der Waals surface area (Å²) in [6.07, 6.45) is 0. The van der Waals surface area contributed by atoms with Gasteiger partial charge in [-0.2, -0.15) is 0 Å². The standard InChI is InChI=1S/C18H21N3O3S2/c1-23-14-5-3-4-13(12-14)20-7-9-21(10-8-20)18(25)19-15-6-11-26-16(15)17(22)24-2/h3-6,11-12H,7-10H2,1-2H3,(H,19,25). The fraction of sp³-hybridized carbons (Fsp3) is 0.333. The highest BCUT2D eigenvalue weighted by Crippen LogP contribution is 2.25. The van der Waals surface area contributed by atoms with Crippen LogP contribution < -0.4 is 15.0 Å². The summed E-state index contributed by atoms with van der Waals surface area (Å²) in [4.78, 5) is 16.7. The summed E-state index contributed by atoms with van der Waals surface area (Å²) in [5.74, 6) is 0.503. The van der Waals surface area contributed by atoms with Crippen LogP contribution >= 0.6 is 23.6 Å². The minimum absolute atomic E-state index is 0.354. The fourth-order valence-corrected chi connectivity index (χ4v) is 3.89. The number of thiocarbonyl (C=S) groups is 1. The minimum Gasteiger partial charge on any atom is -0.497 e. The fourth-order valence-electron chi connectivity index (χ4n) is 2.83. The molecular formula is C18H21N3O3S2. The van der Waals surface area contributed by atoms with Crippen LogP contribution in [-0.2, 0) is 4.74 Å². The van der Waals surface area contributed by atoms with E-state index in [1.807, 2.05) is 29.6 Å². The summed E-state index contributed by atoms with van der Waals surface area (Å²) in [7, 11) is 3.05. The summed E-state index contributed by atoms with van der Waals surface area (Å²) in [5.41, 5.74) is 1.84. The Morgan fingerprint density at radius 3 is 2.65 bits per heavy atom. The van der Waals surface area contributed by atoms with Crippen molar-refractivity contribution in [2.24, 2.45) is 0 Å². The number of methoxy groups -OCH3 is 2. The molecule has 0 unspecified atom stereocenters. The second-order valence-electron chi connectivity index (χ2n) is 5.76. The van der Waals surface area contributed by atoms with Gasteiger partial charge in [0.15, 0.2) is 5.11 Å². The van der Waals surface area contributed by atoms with Gasteiger partial charge in [-0.1, -0.05) is 6.07 Å². The highest BCUT2D eigenvalue weighted by Gasteiger charge is 2.21. The molecule has 6 nitrogen and oxygen atoms in total. The number of carbonyl (C=O) groups excluding carboxylic acids is 1. The molecule has 8 heteroatoms. The van der Waals surface area contributed by atoms with E-state index < -0.39 is 0 Å². The summed E-state index contributed by atoms with van der Waals surface area (Å²) in [6, 6.07) is 9.91. The molecule has 1 N–H and O–H groups in total. The molecule has 3 rings (SSSR count). The molecule has 1 aromatic heterocycles. The molecule has 0 aliphatic carbocycles. The van der Waals surface area contributed by atoms with Crippen molar-refractivity contribution in [3.63, 3.8) is 0 Å². The van der Waals surface area contributed by atoms with Crippen molar-refractivity contribution >= 4 is 46.0 Å². The summed E-state index contributed by atoms with van der Waals surface area (Å²) < 4.78 is 10.1. The smallest absolute Gasteiger partial charge is 0.350 e. The van der Waals surface area contributed by atoms with Gasteiger partial charge in [0.05, 0.1) is 19.9 Å². The van der Waals surface area contributed by atoms with E-state index in [0.29, 0.717) is 15.7 Å². The molecule has 0 bridgehead atoms. The topological polar surface area (TPSA) is 54.0 Å². The second-order valence-corrected chi connectivity index (χ2v) is 7.06. The number of thiophene rings is 1. The SMILES string of the molecule is COC(=O)c1sccc1NC(=S)N1CCN(c2cccc(OC)c2)CC1. The maximum Gasteiger partial charge on any atom is 0.350 e. The second kappa shape index (κ2) is 8.37. The zero-order valence-electron chi connectivity index (χ0n) is 14.7. The first-order valence-corrected chi connectivity index (χ1v) is 9.52. The average molecular weight is 392 g/mol. The number of esters is 1. The predicted octanol–water partition coefficient (Wildman–Crippen LogP) is 3.06. The minimum atomic E-state index is -0.354. The van der Waals surface area contributed by atoms with Gasteiger partial charge in [-0.15, -0.1) is 11.3 Å². The number of rotatable bonds is 4. The molecule has 0 spiro atoms. The van der Waals surface area contributed by atoms with Crippen LogP contribution in [0.5, 0.6) is 5.75 Å². The Bertz CT molecular complexity index is 785. The van der Waals surface area contributed by atoms with Crippen molar-refractivity contribution in [2.75, 3.05) is 50.6 Å². The van der Waals surface area contributed by atoms with Crippen LogP contribution in [0.2, 0.25) is 0 Å². The summed E-state index contributed by atoms with van der Waals surface area (Å²) >= 11 is 6.86. The third kappa shape index (κ3) is 4.08. The van der Waals surface area contributed by atoms with E-state index in [-0.39, 0.29) is 5.97 Å². The monoisotopic (exact) mass is 391 g/mol. The molecule has 1 aliphatic heterocycles. The molecule has 1 fully saturated rings. The van der Waals surface area contributed by atoms with Gasteiger partial charge in [0, 0.05) is 37.9 Å². The maximum absolute atomic E-state index is 11.8. The number of anilines is 2. The van der Waals surface area contributed by atoms with Crippen LogP contribution in [0.1, 0.15) is 9.67 Å². The van der Waals surface area contributed by atoms with Gasteiger partial charge >= 0.3 is 5.97 Å². The van der Waals surface area contributed by atoms with Crippen molar-refractivity contribution < 1.29 is 14.3 Å². The van der Waals surface area contributed by atoms with E-state index in [4.69, 9.17) is 21.7 Å². The number of hydrogen-bond donors (Lipinski definition) is 1. The lowest BCUT2D eigenvalue weighted by Crippen LogP contribution is -2.50. The lowest BCUT2D eigenvalue weighted by Gasteiger charge is -2.37. The number of carbonyl (C=O) groups is 1. The lowest BCUT2D eigenvalue weighted by atomic mass is 10.2. The predicted molar refractivity (Wildman–Crippen MR) is 109 cm³/mol. The first-order valence-electron chi connectivity index (χ1n) is 8.23. The van der Waals surface area contributed by atoms with Crippen molar-refractivity contribution in [1.82, 2.24) is 4.90 Å². The molecule has 2 heterocycles. The Kier molecular flexibility index (Phi) is 5.95. The molecule has 2 aromatic rings. The molecule has 138 valence electrons. The summed E-state index contributed by atoms with van der Waals surface area (Å²) in [5, 5.41) is 5.65. The van der Waals surface area contributed by atoms with Crippen LogP contribution in [0.25, 0.3) is 0 Å². The van der Waals surface area contributed by atoms with Crippen molar-refractivity contribution in [3.8, 4) is 5.75 Å². The van der Waals surface area contributed by atoms with Crippen molar-refractivity contribution in [2.45, 2.75) is 0 Å². The molecule has 0 atom stereocenters. The first-order chi connectivity index (χ1) is 12.6. The number of nitrogens with zero attached hydrogens (tertiary/aromatic N) is 2. The number of piperazine rings is 1. The van der Waals surface area contributed by atoms with E-state index in [1.54, 1.807) is 7.11 Å². The Balaban J connectivity index is 1.58. The molecule has 0 radical (unpaired) electrons. The van der Waals surface area contributed by atoms with E-state index in [0.717, 1.165) is 37.6 Å². The first kappa shape index (κ1) is 18.5. The number of ether oxygens (including phenoxy) is 2. The molecule has 0 saturated carbocycles. The van der Waals surface area contributed by atoms with Gasteiger partial charge < -0.3 is 24.6 Å². The molecule has 1 aromatic carbocycles. The zero-order valence-corrected chi connectivity index (χ0v) is 16.4. The van der Waals surface area contributed by atoms with Crippen LogP contribution in [-0.4, -0.2) is 56.4 Å². The van der Waals surface area contributed by atoms with Crippen LogP contribution in [0.4, 0.5) is 11.4 Å². The third-order valence-corrected chi connectivity index (χ3v) is 5.52. The van der Waals surface area contributed by atoms with Gasteiger partial charge in [0.2, 0.25) is 0 Å². The molecular weight excluding hydrogens is 370 g/mol. The van der Waals surface area contributed by atoms with E-state index in [9.17, 15) is 4.79 Å². The normalized spacial score (nSPS) is 14.1. The highest BCUT2D eigenvalue weighted by atomic mass is 32.1. The molecule has 1 saturated heterocycles. The maximum atomic E-state index is 11.8. The largest absolute Gasteiger partial charge is 0.497 e. The van der Waals surface area contributed by atoms with Gasteiger partial charge in [-0.05, 0) is 35.8 Å². The molecule has 0 amide bonds. The number of nitrogens with one attached hydrogen (secondary N) is 1. The van der Waals surface area contributed by atoms with E-state index in [1.165, 1.54) is 18.4 Å². The average Bonchev–Trinajstić information content (AvgIpc) is 3.15. The van der Waals surface area contributed by atoms with Crippen molar-refractivity contribution in [1.29, 1.82) is 0 Å². The van der Waals surface area contributed by atoms with Gasteiger partial charge in [0.25, 0.3) is 0 Å². The third-order valence-electron chi connectivity index (χ3n) is 4.26. The van der Waals surface area contributed by atoms with Gasteiger partial charge in [0.1, 0.15) is 10.6 Å². The van der Waals surface area contributed by atoms with Crippen LogP contribution in [0, 0.1) is 0 Å². The summed E-state index contributed by atoms with van der Waals surface area (Å²) in [6.45, 7) is 3.34. The van der Waals surface area contributed by atoms with Crippen LogP contribution in [0.15, 0.2) is 35.7 Å². The zero-order chi connectivity index (χ0) is 18.5. The molecule has 1 aliphatic rings. The van der Waals surface area contributed by atoms with Crippen molar-refractivity contribution in [3.05, 3.63) is 40.6 Å². The Morgan fingerprint density at radius 2 is 1.96 bits per heavy atom. The Hall–Kier alpha value is -2.32. The van der Waals surface area contributed by atoms with Crippen LogP contribution in [0.3, 0.4) is 0 Å². The van der Waals surface area contributed by atoms with Gasteiger partial charge in [-0.3, -0.25) is 0 Å². The van der Waals surface area contributed by atoms with E-state index in [2.05, 4.69) is 21.2 Å². The number of hydrogen-bond acceptors (Lipinski definition) is 6. The Labute approximate surface area is 162 Å². The number of benzene rings is 1. The molecule has 26 heavy (non-hydrogen) atoms. The lowest BCUT2D eigenvalue weighted by molar-refractivity contribution is 0.0607. The van der Waals surface area contributed by atoms with E-state index >= 15 is 0 Å². The highest BCUT2D eigenvalue weighted by molar-refractivity contribution is 7.80.